The van der Waals surface area contributed by atoms with E-state index in [0.29, 0.717) is 17.9 Å². The first-order valence-corrected chi connectivity index (χ1v) is 7.95. The van der Waals surface area contributed by atoms with E-state index in [4.69, 9.17) is 12.2 Å². The zero-order valence-corrected chi connectivity index (χ0v) is 14.3. The second-order valence-electron chi connectivity index (χ2n) is 5.84. The van der Waals surface area contributed by atoms with Gasteiger partial charge in [-0.1, -0.05) is 19.1 Å². The zero-order valence-electron chi connectivity index (χ0n) is 13.5. The van der Waals surface area contributed by atoms with Crippen molar-refractivity contribution in [2.24, 2.45) is 0 Å². The monoisotopic (exact) mass is 336 g/mol. The highest BCUT2D eigenvalue weighted by atomic mass is 32.1. The van der Waals surface area contributed by atoms with Crippen LogP contribution in [0.5, 0.6) is 0 Å². The first-order chi connectivity index (χ1) is 10.9. The van der Waals surface area contributed by atoms with Crippen LogP contribution in [-0.4, -0.2) is 27.2 Å². The molecule has 0 atom stereocenters. The van der Waals surface area contributed by atoms with Gasteiger partial charge in [0.1, 0.15) is 11.6 Å². The summed E-state index contributed by atoms with van der Waals surface area (Å²) in [5, 5.41) is 9.80. The maximum atomic E-state index is 13.0. The van der Waals surface area contributed by atoms with E-state index in [1.165, 1.54) is 12.1 Å². The number of aromatic nitrogens is 3. The summed E-state index contributed by atoms with van der Waals surface area (Å²) >= 11 is 5.18. The number of H-pyrrole nitrogens is 1. The van der Waals surface area contributed by atoms with Crippen LogP contribution in [0.1, 0.15) is 32.2 Å². The normalized spacial score (nSPS) is 11.5. The van der Waals surface area contributed by atoms with Gasteiger partial charge >= 0.3 is 0 Å². The number of amides is 1. The first-order valence-electron chi connectivity index (χ1n) is 7.54. The summed E-state index contributed by atoms with van der Waals surface area (Å²) in [6, 6.07) is 6.00. The van der Waals surface area contributed by atoms with Gasteiger partial charge in [-0.2, -0.15) is 5.10 Å². The highest BCUT2D eigenvalue weighted by Crippen LogP contribution is 2.23. The van der Waals surface area contributed by atoms with Crippen LogP contribution in [0.4, 0.5) is 4.39 Å². The van der Waals surface area contributed by atoms with Crippen molar-refractivity contribution < 1.29 is 9.18 Å². The number of nitrogens with one attached hydrogen (secondary N) is 2. The maximum absolute atomic E-state index is 13.0. The van der Waals surface area contributed by atoms with E-state index in [-0.39, 0.29) is 11.7 Å². The molecule has 0 saturated carbocycles. The summed E-state index contributed by atoms with van der Waals surface area (Å²) in [6.07, 6.45) is 0.766. The fraction of sp³-hybridized carbons (Fsp3) is 0.438. The molecule has 23 heavy (non-hydrogen) atoms. The van der Waals surface area contributed by atoms with Gasteiger partial charge in [-0.3, -0.25) is 9.89 Å². The van der Waals surface area contributed by atoms with Gasteiger partial charge < -0.3 is 9.88 Å². The Balaban J connectivity index is 2.00. The number of aromatic amines is 1. The lowest BCUT2D eigenvalue weighted by Crippen LogP contribution is -2.41. The summed E-state index contributed by atoms with van der Waals surface area (Å²) in [4.78, 5) is 12.5. The van der Waals surface area contributed by atoms with Crippen molar-refractivity contribution in [3.63, 3.8) is 0 Å². The van der Waals surface area contributed by atoms with E-state index in [0.717, 1.165) is 17.8 Å². The first kappa shape index (κ1) is 17.3. The molecule has 1 aromatic carbocycles. The molecule has 0 aliphatic rings. The lowest BCUT2D eigenvalue weighted by Gasteiger charge is -2.24. The van der Waals surface area contributed by atoms with Gasteiger partial charge in [0.25, 0.3) is 0 Å². The Labute approximate surface area is 139 Å². The third-order valence-electron chi connectivity index (χ3n) is 3.91. The molecule has 124 valence electrons. The van der Waals surface area contributed by atoms with Gasteiger partial charge in [-0.05, 0) is 43.8 Å². The SMILES string of the molecule is CCc1n[nH]c(=S)n1CCNC(=O)C(C)(C)c1ccc(F)cc1. The summed E-state index contributed by atoms with van der Waals surface area (Å²) in [6.45, 7) is 6.64. The van der Waals surface area contributed by atoms with Crippen LogP contribution in [-0.2, 0) is 23.2 Å². The van der Waals surface area contributed by atoms with Gasteiger partial charge in [-0.15, -0.1) is 0 Å². The molecule has 0 aliphatic heterocycles. The number of aryl methyl sites for hydroxylation is 1. The molecule has 7 heteroatoms. The highest BCUT2D eigenvalue weighted by Gasteiger charge is 2.29. The molecule has 1 amide bonds. The third kappa shape index (κ3) is 3.85. The predicted molar refractivity (Wildman–Crippen MR) is 89.2 cm³/mol. The Morgan fingerprint density at radius 1 is 1.39 bits per heavy atom. The lowest BCUT2D eigenvalue weighted by molar-refractivity contribution is -0.125. The zero-order chi connectivity index (χ0) is 17.0. The van der Waals surface area contributed by atoms with E-state index in [9.17, 15) is 9.18 Å². The summed E-state index contributed by atoms with van der Waals surface area (Å²) in [5.74, 6) is 0.436. The van der Waals surface area contributed by atoms with Gasteiger partial charge in [0.15, 0.2) is 4.77 Å². The average molecular weight is 336 g/mol. The molecule has 0 saturated heterocycles. The lowest BCUT2D eigenvalue weighted by atomic mass is 9.84. The number of hydrogen-bond donors (Lipinski definition) is 2. The minimum absolute atomic E-state index is 0.114. The Hall–Kier alpha value is -2.02. The minimum Gasteiger partial charge on any atom is -0.354 e. The fourth-order valence-electron chi connectivity index (χ4n) is 2.35. The van der Waals surface area contributed by atoms with Crippen molar-refractivity contribution >= 4 is 18.1 Å². The van der Waals surface area contributed by atoms with E-state index in [1.807, 2.05) is 25.3 Å². The van der Waals surface area contributed by atoms with E-state index in [2.05, 4.69) is 15.5 Å². The van der Waals surface area contributed by atoms with Crippen LogP contribution in [0, 0.1) is 10.6 Å². The van der Waals surface area contributed by atoms with Gasteiger partial charge in [-0.25, -0.2) is 4.39 Å². The Bertz CT molecular complexity index is 733. The molecular formula is C16H21FN4OS. The number of nitrogens with zero attached hydrogens (tertiary/aromatic N) is 2. The molecule has 2 N–H and O–H groups in total. The van der Waals surface area contributed by atoms with E-state index >= 15 is 0 Å². The molecule has 1 aromatic heterocycles. The molecule has 0 fully saturated rings. The van der Waals surface area contributed by atoms with Crippen LogP contribution < -0.4 is 5.32 Å². The van der Waals surface area contributed by atoms with Crippen molar-refractivity contribution in [2.75, 3.05) is 6.54 Å². The Kier molecular flexibility index (Phi) is 5.30. The molecule has 2 aromatic rings. The van der Waals surface area contributed by atoms with Crippen LogP contribution in [0.25, 0.3) is 0 Å². The highest BCUT2D eigenvalue weighted by molar-refractivity contribution is 7.71. The standard InChI is InChI=1S/C16H21FN4OS/c1-4-13-19-20-15(23)21(13)10-9-18-14(22)16(2,3)11-5-7-12(17)8-6-11/h5-8H,4,9-10H2,1-3H3,(H,18,22)(H,20,23). The van der Waals surface area contributed by atoms with Crippen molar-refractivity contribution in [3.05, 3.63) is 46.2 Å². The van der Waals surface area contributed by atoms with Crippen LogP contribution in [0.2, 0.25) is 0 Å². The van der Waals surface area contributed by atoms with Crippen molar-refractivity contribution in [1.29, 1.82) is 0 Å². The third-order valence-corrected chi connectivity index (χ3v) is 4.22. The molecule has 2 rings (SSSR count). The molecule has 1 heterocycles. The van der Waals surface area contributed by atoms with Crippen LogP contribution in [0.15, 0.2) is 24.3 Å². The second-order valence-corrected chi connectivity index (χ2v) is 6.22. The summed E-state index contributed by atoms with van der Waals surface area (Å²) in [5.41, 5.74) is 0.0321. The van der Waals surface area contributed by atoms with Crippen LogP contribution in [0.3, 0.4) is 0 Å². The Morgan fingerprint density at radius 2 is 2.04 bits per heavy atom. The number of benzene rings is 1. The van der Waals surface area contributed by atoms with Crippen molar-refractivity contribution in [3.8, 4) is 0 Å². The maximum Gasteiger partial charge on any atom is 0.230 e. The quantitative estimate of drug-likeness (QED) is 0.797. The summed E-state index contributed by atoms with van der Waals surface area (Å²) < 4.78 is 15.4. The minimum atomic E-state index is -0.737. The largest absolute Gasteiger partial charge is 0.354 e. The predicted octanol–water partition coefficient (Wildman–Crippen LogP) is 2.74. The number of hydrogen-bond acceptors (Lipinski definition) is 3. The molecule has 0 radical (unpaired) electrons. The fourth-order valence-corrected chi connectivity index (χ4v) is 2.59. The molecule has 5 nitrogen and oxygen atoms in total. The summed E-state index contributed by atoms with van der Waals surface area (Å²) in [7, 11) is 0. The van der Waals surface area contributed by atoms with Gasteiger partial charge in [0.05, 0.1) is 5.41 Å². The van der Waals surface area contributed by atoms with E-state index < -0.39 is 5.41 Å². The molecular weight excluding hydrogens is 315 g/mol. The number of rotatable bonds is 6. The van der Waals surface area contributed by atoms with Crippen molar-refractivity contribution in [1.82, 2.24) is 20.1 Å². The van der Waals surface area contributed by atoms with Gasteiger partial charge in [0, 0.05) is 19.5 Å². The number of halogens is 1. The molecule has 0 bridgehead atoms. The average Bonchev–Trinajstić information content (AvgIpc) is 2.88. The molecule has 0 spiro atoms. The van der Waals surface area contributed by atoms with E-state index in [1.54, 1.807) is 12.1 Å². The Morgan fingerprint density at radius 3 is 2.65 bits per heavy atom. The molecule has 0 aliphatic carbocycles. The number of carbonyl (C=O) groups excluding carboxylic acids is 1. The van der Waals surface area contributed by atoms with Gasteiger partial charge in [0.2, 0.25) is 5.91 Å². The van der Waals surface area contributed by atoms with Crippen molar-refractivity contribution in [2.45, 2.75) is 39.2 Å². The van der Waals surface area contributed by atoms with Crippen LogP contribution >= 0.6 is 12.2 Å². The number of carbonyl (C=O) groups is 1. The molecule has 0 unspecified atom stereocenters. The second kappa shape index (κ2) is 7.04. The topological polar surface area (TPSA) is 62.7 Å². The smallest absolute Gasteiger partial charge is 0.230 e.